The molecule has 6 nitrogen and oxygen atoms in total. The Morgan fingerprint density at radius 3 is 2.81 bits per heavy atom. The molecule has 0 amide bonds. The van der Waals surface area contributed by atoms with Crippen LogP contribution in [0, 0.1) is 0 Å². The zero-order chi connectivity index (χ0) is 19.1. The summed E-state index contributed by atoms with van der Waals surface area (Å²) in [5, 5.41) is 0.867. The summed E-state index contributed by atoms with van der Waals surface area (Å²) < 4.78 is 22.8. The SMILES string of the molecule is C=C/C=C(\C)Oc1ccnc2cc(OCCN3CCOCC3)c(OC)cc12. The minimum atomic E-state index is 0.583. The van der Waals surface area contributed by atoms with E-state index in [-0.39, 0.29) is 0 Å². The van der Waals surface area contributed by atoms with Gasteiger partial charge in [0.05, 0.1) is 25.8 Å². The van der Waals surface area contributed by atoms with E-state index >= 15 is 0 Å². The average Bonchev–Trinajstić information content (AvgIpc) is 2.68. The van der Waals surface area contributed by atoms with Crippen molar-refractivity contribution in [2.24, 2.45) is 0 Å². The summed E-state index contributed by atoms with van der Waals surface area (Å²) in [6.45, 7) is 10.5. The van der Waals surface area contributed by atoms with E-state index < -0.39 is 0 Å². The molecule has 0 radical (unpaired) electrons. The second-order valence-electron chi connectivity index (χ2n) is 6.25. The summed E-state index contributed by atoms with van der Waals surface area (Å²) >= 11 is 0. The number of morpholine rings is 1. The lowest BCUT2D eigenvalue weighted by atomic mass is 10.2. The lowest BCUT2D eigenvalue weighted by Crippen LogP contribution is -2.38. The molecule has 2 heterocycles. The third kappa shape index (κ3) is 4.99. The summed E-state index contributed by atoms with van der Waals surface area (Å²) in [6, 6.07) is 5.64. The molecule has 0 unspecified atom stereocenters. The summed E-state index contributed by atoms with van der Waals surface area (Å²) in [5.41, 5.74) is 0.793. The molecule has 0 aliphatic carbocycles. The number of pyridine rings is 1. The van der Waals surface area contributed by atoms with Crippen LogP contribution in [0.25, 0.3) is 10.9 Å². The first-order valence-corrected chi connectivity index (χ1v) is 9.08. The lowest BCUT2D eigenvalue weighted by molar-refractivity contribution is 0.0321. The Bertz CT molecular complexity index is 813. The Kier molecular flexibility index (Phi) is 6.68. The van der Waals surface area contributed by atoms with Gasteiger partial charge in [0, 0.05) is 37.3 Å². The number of fused-ring (bicyclic) bond motifs is 1. The zero-order valence-electron chi connectivity index (χ0n) is 15.9. The predicted molar refractivity (Wildman–Crippen MR) is 106 cm³/mol. The van der Waals surface area contributed by atoms with Crippen molar-refractivity contribution in [3.8, 4) is 17.2 Å². The second kappa shape index (κ2) is 9.39. The molecular formula is C21H26N2O4. The van der Waals surface area contributed by atoms with Crippen LogP contribution in [0.2, 0.25) is 0 Å². The van der Waals surface area contributed by atoms with Crippen molar-refractivity contribution in [2.45, 2.75) is 6.92 Å². The van der Waals surface area contributed by atoms with Crippen molar-refractivity contribution in [1.29, 1.82) is 0 Å². The van der Waals surface area contributed by atoms with Crippen LogP contribution in [-0.4, -0.2) is 56.4 Å². The molecule has 27 heavy (non-hydrogen) atoms. The smallest absolute Gasteiger partial charge is 0.163 e. The van der Waals surface area contributed by atoms with Crippen LogP contribution in [0.15, 0.2) is 48.9 Å². The number of nitrogens with zero attached hydrogens (tertiary/aromatic N) is 2. The van der Waals surface area contributed by atoms with Gasteiger partial charge in [-0.05, 0) is 25.1 Å². The molecule has 1 fully saturated rings. The number of methoxy groups -OCH3 is 1. The number of rotatable bonds is 8. The van der Waals surface area contributed by atoms with Gasteiger partial charge in [0.25, 0.3) is 0 Å². The number of hydrogen-bond donors (Lipinski definition) is 0. The molecule has 1 aromatic heterocycles. The quantitative estimate of drug-likeness (QED) is 0.524. The van der Waals surface area contributed by atoms with Crippen LogP contribution >= 0.6 is 0 Å². The standard InChI is InChI=1S/C21H26N2O4/c1-4-5-16(2)27-19-6-7-22-18-15-21(20(24-3)14-17(18)19)26-13-10-23-8-11-25-12-9-23/h4-7,14-15H,1,8-13H2,2-3H3/b16-5+. The summed E-state index contributed by atoms with van der Waals surface area (Å²) in [4.78, 5) is 6.78. The first-order chi connectivity index (χ1) is 13.2. The molecule has 1 aromatic carbocycles. The van der Waals surface area contributed by atoms with Crippen LogP contribution in [0.4, 0.5) is 0 Å². The summed E-state index contributed by atoms with van der Waals surface area (Å²) in [5.74, 6) is 2.81. The fourth-order valence-corrected chi connectivity index (χ4v) is 2.97. The van der Waals surface area contributed by atoms with E-state index in [0.29, 0.717) is 23.9 Å². The van der Waals surface area contributed by atoms with E-state index in [1.54, 1.807) is 19.4 Å². The molecule has 1 aliphatic heterocycles. The molecule has 0 saturated carbocycles. The van der Waals surface area contributed by atoms with Crippen LogP contribution in [0.1, 0.15) is 6.92 Å². The number of hydrogen-bond acceptors (Lipinski definition) is 6. The summed E-state index contributed by atoms with van der Waals surface area (Å²) in [7, 11) is 1.63. The van der Waals surface area contributed by atoms with Crippen LogP contribution in [0.5, 0.6) is 17.2 Å². The Balaban J connectivity index is 1.77. The third-order valence-electron chi connectivity index (χ3n) is 4.38. The van der Waals surface area contributed by atoms with Gasteiger partial charge in [-0.2, -0.15) is 0 Å². The average molecular weight is 370 g/mol. The maximum absolute atomic E-state index is 5.99. The highest BCUT2D eigenvalue weighted by Gasteiger charge is 2.14. The molecule has 1 saturated heterocycles. The normalized spacial score (nSPS) is 15.6. The van der Waals surface area contributed by atoms with Crippen LogP contribution in [-0.2, 0) is 4.74 Å². The maximum atomic E-state index is 5.99. The predicted octanol–water partition coefficient (Wildman–Crippen LogP) is 3.42. The van der Waals surface area contributed by atoms with Crippen molar-refractivity contribution < 1.29 is 18.9 Å². The fourth-order valence-electron chi connectivity index (χ4n) is 2.97. The number of ether oxygens (including phenoxy) is 4. The molecule has 0 spiro atoms. The Morgan fingerprint density at radius 2 is 2.07 bits per heavy atom. The summed E-state index contributed by atoms with van der Waals surface area (Å²) in [6.07, 6.45) is 5.23. The molecule has 144 valence electrons. The van der Waals surface area contributed by atoms with E-state index in [1.807, 2.05) is 31.2 Å². The van der Waals surface area contributed by atoms with Crippen LogP contribution < -0.4 is 14.2 Å². The topological polar surface area (TPSA) is 53.1 Å². The largest absolute Gasteiger partial charge is 0.493 e. The minimum absolute atomic E-state index is 0.583. The monoisotopic (exact) mass is 370 g/mol. The van der Waals surface area contributed by atoms with Gasteiger partial charge in [0.2, 0.25) is 0 Å². The highest BCUT2D eigenvalue weighted by molar-refractivity contribution is 5.88. The van der Waals surface area contributed by atoms with Crippen molar-refractivity contribution in [3.05, 3.63) is 48.9 Å². The van der Waals surface area contributed by atoms with Gasteiger partial charge >= 0.3 is 0 Å². The highest BCUT2D eigenvalue weighted by Crippen LogP contribution is 2.36. The Morgan fingerprint density at radius 1 is 1.26 bits per heavy atom. The van der Waals surface area contributed by atoms with Crippen molar-refractivity contribution in [3.63, 3.8) is 0 Å². The van der Waals surface area contributed by atoms with Gasteiger partial charge < -0.3 is 18.9 Å². The third-order valence-corrected chi connectivity index (χ3v) is 4.38. The molecule has 6 heteroatoms. The minimum Gasteiger partial charge on any atom is -0.493 e. The van der Waals surface area contributed by atoms with Gasteiger partial charge in [0.1, 0.15) is 18.1 Å². The van der Waals surface area contributed by atoms with Crippen molar-refractivity contribution in [1.82, 2.24) is 9.88 Å². The molecule has 3 rings (SSSR count). The van der Waals surface area contributed by atoms with E-state index in [1.165, 1.54) is 0 Å². The molecule has 2 aromatic rings. The highest BCUT2D eigenvalue weighted by atomic mass is 16.5. The van der Waals surface area contributed by atoms with E-state index in [4.69, 9.17) is 18.9 Å². The number of aromatic nitrogens is 1. The van der Waals surface area contributed by atoms with Gasteiger partial charge in [-0.15, -0.1) is 0 Å². The number of allylic oxidation sites excluding steroid dienone is 3. The zero-order valence-corrected chi connectivity index (χ0v) is 15.9. The van der Waals surface area contributed by atoms with E-state index in [0.717, 1.165) is 49.5 Å². The Labute approximate surface area is 160 Å². The van der Waals surface area contributed by atoms with Gasteiger partial charge in [-0.3, -0.25) is 9.88 Å². The van der Waals surface area contributed by atoms with Gasteiger partial charge in [0.15, 0.2) is 11.5 Å². The number of benzene rings is 1. The van der Waals surface area contributed by atoms with Crippen molar-refractivity contribution in [2.75, 3.05) is 46.6 Å². The molecule has 1 aliphatic rings. The first-order valence-electron chi connectivity index (χ1n) is 9.08. The van der Waals surface area contributed by atoms with E-state index in [2.05, 4.69) is 16.5 Å². The lowest BCUT2D eigenvalue weighted by Gasteiger charge is -2.26. The van der Waals surface area contributed by atoms with Crippen molar-refractivity contribution >= 4 is 10.9 Å². The molecule has 0 atom stereocenters. The fraction of sp³-hybridized carbons (Fsp3) is 0.381. The van der Waals surface area contributed by atoms with Gasteiger partial charge in [-0.25, -0.2) is 0 Å². The first kappa shape index (κ1) is 19.2. The molecule has 0 bridgehead atoms. The molecule has 0 N–H and O–H groups in total. The maximum Gasteiger partial charge on any atom is 0.163 e. The second-order valence-corrected chi connectivity index (χ2v) is 6.25. The van der Waals surface area contributed by atoms with Gasteiger partial charge in [-0.1, -0.05) is 12.7 Å². The Hall–Kier alpha value is -2.57. The van der Waals surface area contributed by atoms with E-state index in [9.17, 15) is 0 Å². The molecular weight excluding hydrogens is 344 g/mol. The van der Waals surface area contributed by atoms with Crippen LogP contribution in [0.3, 0.4) is 0 Å².